The van der Waals surface area contributed by atoms with Gasteiger partial charge in [0.2, 0.25) is 6.08 Å². The lowest BCUT2D eigenvalue weighted by Crippen LogP contribution is -2.17. The molecule has 0 spiro atoms. The fourth-order valence-corrected chi connectivity index (χ4v) is 1.05. The fourth-order valence-electron chi connectivity index (χ4n) is 0.838. The number of alkyl halides is 3. The molecule has 1 rings (SSSR count). The van der Waals surface area contributed by atoms with Crippen LogP contribution in [0.15, 0.2) is 23.2 Å². The number of rotatable bonds is 2. The van der Waals surface area contributed by atoms with Gasteiger partial charge in [-0.2, -0.15) is 4.99 Å². The minimum Gasteiger partial charge on any atom is -0.404 e. The molecule has 0 heterocycles. The summed E-state index contributed by atoms with van der Waals surface area (Å²) in [6.45, 7) is 0. The number of nitrogens with zero attached hydrogens (tertiary/aromatic N) is 1. The van der Waals surface area contributed by atoms with Crippen molar-refractivity contribution in [2.75, 3.05) is 0 Å². The van der Waals surface area contributed by atoms with Gasteiger partial charge in [-0.3, -0.25) is 0 Å². The highest BCUT2D eigenvalue weighted by atomic mass is 35.5. The maximum atomic E-state index is 11.9. The highest BCUT2D eigenvalue weighted by molar-refractivity contribution is 6.34. The van der Waals surface area contributed by atoms with Crippen molar-refractivity contribution >= 4 is 23.4 Å². The second kappa shape index (κ2) is 4.33. The zero-order valence-electron chi connectivity index (χ0n) is 7.01. The van der Waals surface area contributed by atoms with E-state index in [0.717, 1.165) is 6.07 Å². The summed E-state index contributed by atoms with van der Waals surface area (Å²) in [6, 6.07) is 3.50. The second-order valence-electron chi connectivity index (χ2n) is 2.34. The van der Waals surface area contributed by atoms with Crippen LogP contribution >= 0.6 is 11.6 Å². The van der Waals surface area contributed by atoms with Crippen molar-refractivity contribution < 1.29 is 22.7 Å². The molecule has 1 aromatic carbocycles. The first-order chi connectivity index (χ1) is 6.94. The van der Waals surface area contributed by atoms with Crippen molar-refractivity contribution in [3.63, 3.8) is 0 Å². The van der Waals surface area contributed by atoms with Crippen molar-refractivity contribution in [1.29, 1.82) is 0 Å². The molecule has 0 N–H and O–H groups in total. The molecule has 0 aliphatic carbocycles. The smallest absolute Gasteiger partial charge is 0.404 e. The van der Waals surface area contributed by atoms with Crippen molar-refractivity contribution in [2.45, 2.75) is 6.36 Å². The summed E-state index contributed by atoms with van der Waals surface area (Å²) in [5.41, 5.74) is -0.131. The molecule has 0 atom stereocenters. The molecule has 0 aliphatic heterocycles. The molecule has 0 aliphatic rings. The SMILES string of the molecule is O=C=Nc1cccc(OC(F)(F)F)c1Cl. The number of ether oxygens (including phenoxy) is 1. The van der Waals surface area contributed by atoms with Crippen LogP contribution in [0.25, 0.3) is 0 Å². The van der Waals surface area contributed by atoms with E-state index in [2.05, 4.69) is 9.73 Å². The number of aliphatic imine (C=N–C) groups is 1. The molecule has 3 nitrogen and oxygen atoms in total. The Morgan fingerprint density at radius 3 is 2.60 bits per heavy atom. The van der Waals surface area contributed by atoms with E-state index in [1.807, 2.05) is 0 Å². The topological polar surface area (TPSA) is 38.7 Å². The number of hydrogen-bond acceptors (Lipinski definition) is 3. The van der Waals surface area contributed by atoms with Crippen LogP contribution in [-0.4, -0.2) is 12.4 Å². The molecule has 0 bridgehead atoms. The predicted molar refractivity (Wildman–Crippen MR) is 45.9 cm³/mol. The highest BCUT2D eigenvalue weighted by Gasteiger charge is 2.32. The summed E-state index contributed by atoms with van der Waals surface area (Å²) in [6.07, 6.45) is -3.67. The van der Waals surface area contributed by atoms with Crippen molar-refractivity contribution in [2.24, 2.45) is 4.99 Å². The predicted octanol–water partition coefficient (Wildman–Crippen LogP) is 3.21. The van der Waals surface area contributed by atoms with Crippen LogP contribution in [0.5, 0.6) is 5.75 Å². The third-order valence-corrected chi connectivity index (χ3v) is 1.71. The van der Waals surface area contributed by atoms with E-state index >= 15 is 0 Å². The van der Waals surface area contributed by atoms with Crippen LogP contribution in [-0.2, 0) is 4.79 Å². The van der Waals surface area contributed by atoms with Crippen molar-refractivity contribution in [1.82, 2.24) is 0 Å². The van der Waals surface area contributed by atoms with Gasteiger partial charge in [0.25, 0.3) is 0 Å². The van der Waals surface area contributed by atoms with E-state index in [9.17, 15) is 18.0 Å². The Morgan fingerprint density at radius 1 is 1.40 bits per heavy atom. The first-order valence-corrected chi connectivity index (χ1v) is 3.94. The van der Waals surface area contributed by atoms with E-state index in [1.54, 1.807) is 0 Å². The summed E-state index contributed by atoms with van der Waals surface area (Å²) in [7, 11) is 0. The average Bonchev–Trinajstić information content (AvgIpc) is 2.10. The van der Waals surface area contributed by atoms with Gasteiger partial charge >= 0.3 is 6.36 Å². The second-order valence-corrected chi connectivity index (χ2v) is 2.72. The number of benzene rings is 1. The van der Waals surface area contributed by atoms with Crippen LogP contribution in [0.2, 0.25) is 5.02 Å². The van der Waals surface area contributed by atoms with Crippen LogP contribution in [0.1, 0.15) is 0 Å². The summed E-state index contributed by atoms with van der Waals surface area (Å²) < 4.78 is 39.1. The van der Waals surface area contributed by atoms with Gasteiger partial charge in [-0.25, -0.2) is 4.79 Å². The van der Waals surface area contributed by atoms with Gasteiger partial charge < -0.3 is 4.74 Å². The van der Waals surface area contributed by atoms with Crippen LogP contribution in [0.4, 0.5) is 18.9 Å². The Balaban J connectivity index is 3.10. The maximum Gasteiger partial charge on any atom is 0.573 e. The molecular formula is C8H3ClF3NO2. The van der Waals surface area contributed by atoms with Gasteiger partial charge in [0, 0.05) is 0 Å². The molecule has 0 fully saturated rings. The lowest BCUT2D eigenvalue weighted by atomic mass is 10.3. The normalized spacial score (nSPS) is 10.7. The standard InChI is InChI=1S/C8H3ClF3NO2/c9-7-5(13-4-14)2-1-3-6(7)15-8(10,11)12/h1-3H. The summed E-state index contributed by atoms with van der Waals surface area (Å²) >= 11 is 5.50. The van der Waals surface area contributed by atoms with Crippen LogP contribution < -0.4 is 4.74 Å². The van der Waals surface area contributed by atoms with Crippen molar-refractivity contribution in [3.05, 3.63) is 23.2 Å². The molecule has 0 saturated heterocycles. The molecule has 0 saturated carbocycles. The summed E-state index contributed by atoms with van der Waals surface area (Å²) in [4.78, 5) is 13.0. The van der Waals surface area contributed by atoms with Crippen molar-refractivity contribution in [3.8, 4) is 5.75 Å². The molecule has 0 unspecified atom stereocenters. The lowest BCUT2D eigenvalue weighted by Gasteiger charge is -2.10. The molecule has 15 heavy (non-hydrogen) atoms. The van der Waals surface area contributed by atoms with Gasteiger partial charge in [-0.05, 0) is 12.1 Å². The number of halogens is 4. The highest BCUT2D eigenvalue weighted by Crippen LogP contribution is 2.36. The molecule has 0 aromatic heterocycles. The number of isocyanates is 1. The molecular weight excluding hydrogens is 235 g/mol. The monoisotopic (exact) mass is 237 g/mol. The molecule has 80 valence electrons. The van der Waals surface area contributed by atoms with E-state index < -0.39 is 17.1 Å². The Hall–Kier alpha value is -1.52. The Labute approximate surface area is 87.1 Å². The van der Waals surface area contributed by atoms with Gasteiger partial charge in [0.1, 0.15) is 10.8 Å². The van der Waals surface area contributed by atoms with Gasteiger partial charge in [-0.15, -0.1) is 13.2 Å². The third kappa shape index (κ3) is 3.27. The van der Waals surface area contributed by atoms with Crippen LogP contribution in [0, 0.1) is 0 Å². The van der Waals surface area contributed by atoms with Gasteiger partial charge in [0.05, 0.1) is 5.69 Å². The third-order valence-electron chi connectivity index (χ3n) is 1.33. The minimum atomic E-state index is -4.84. The lowest BCUT2D eigenvalue weighted by molar-refractivity contribution is -0.274. The van der Waals surface area contributed by atoms with Crippen LogP contribution in [0.3, 0.4) is 0 Å². The minimum absolute atomic E-state index is 0.131. The fraction of sp³-hybridized carbons (Fsp3) is 0.125. The Bertz CT molecular complexity index is 413. The Kier molecular flexibility index (Phi) is 3.34. The number of carbonyl (C=O) groups excluding carboxylic acids is 1. The quantitative estimate of drug-likeness (QED) is 0.585. The zero-order chi connectivity index (χ0) is 11.5. The molecule has 0 radical (unpaired) electrons. The van der Waals surface area contributed by atoms with Gasteiger partial charge in [-0.1, -0.05) is 17.7 Å². The molecule has 1 aromatic rings. The van der Waals surface area contributed by atoms with E-state index in [-0.39, 0.29) is 5.69 Å². The summed E-state index contributed by atoms with van der Waals surface area (Å²) in [5.74, 6) is -0.610. The van der Waals surface area contributed by atoms with E-state index in [4.69, 9.17) is 11.6 Å². The first-order valence-electron chi connectivity index (χ1n) is 3.56. The van der Waals surface area contributed by atoms with E-state index in [1.165, 1.54) is 18.2 Å². The first kappa shape index (κ1) is 11.6. The average molecular weight is 238 g/mol. The summed E-state index contributed by atoms with van der Waals surface area (Å²) in [5, 5.41) is -0.391. The maximum absolute atomic E-state index is 11.9. The molecule has 0 amide bonds. The zero-order valence-corrected chi connectivity index (χ0v) is 7.76. The van der Waals surface area contributed by atoms with E-state index in [0.29, 0.717) is 0 Å². The molecule has 7 heteroatoms. The van der Waals surface area contributed by atoms with Gasteiger partial charge in [0.15, 0.2) is 0 Å². The number of hydrogen-bond donors (Lipinski definition) is 0. The Morgan fingerprint density at radius 2 is 2.07 bits per heavy atom. The largest absolute Gasteiger partial charge is 0.573 e.